The van der Waals surface area contributed by atoms with Crippen LogP contribution < -0.4 is 11.1 Å². The lowest BCUT2D eigenvalue weighted by molar-refractivity contribution is -0.137. The molecule has 106 valence electrons. The van der Waals surface area contributed by atoms with Gasteiger partial charge in [0.2, 0.25) is 5.91 Å². The summed E-state index contributed by atoms with van der Waals surface area (Å²) in [6.45, 7) is 2.14. The second-order valence-electron chi connectivity index (χ2n) is 4.32. The Kier molecular flexibility index (Phi) is 5.35. The predicted molar refractivity (Wildman–Crippen MR) is 67.7 cm³/mol. The van der Waals surface area contributed by atoms with Gasteiger partial charge in [0.25, 0.3) is 0 Å². The van der Waals surface area contributed by atoms with E-state index in [0.717, 1.165) is 18.6 Å². The molecule has 3 N–H and O–H groups in total. The molecule has 0 aromatic heterocycles. The first kappa shape index (κ1) is 15.5. The van der Waals surface area contributed by atoms with Crippen LogP contribution in [0.1, 0.15) is 30.4 Å². The Morgan fingerprint density at radius 1 is 1.32 bits per heavy atom. The van der Waals surface area contributed by atoms with Crippen molar-refractivity contribution in [2.24, 2.45) is 5.73 Å². The van der Waals surface area contributed by atoms with Gasteiger partial charge in [0.05, 0.1) is 5.56 Å². The number of hydrogen-bond donors (Lipinski definition) is 2. The number of amides is 1. The fourth-order valence-corrected chi connectivity index (χ4v) is 1.58. The van der Waals surface area contributed by atoms with Gasteiger partial charge in [0.1, 0.15) is 0 Å². The van der Waals surface area contributed by atoms with E-state index in [1.807, 2.05) is 0 Å². The summed E-state index contributed by atoms with van der Waals surface area (Å²) in [5.41, 5.74) is 5.33. The first-order valence-corrected chi connectivity index (χ1v) is 6.02. The molecule has 1 aromatic rings. The number of unbranched alkanes of at least 4 members (excludes halogenated alkanes) is 1. The first-order valence-electron chi connectivity index (χ1n) is 6.02. The van der Waals surface area contributed by atoms with Crippen molar-refractivity contribution in [1.82, 2.24) is 0 Å². The summed E-state index contributed by atoms with van der Waals surface area (Å²) < 4.78 is 37.7. The Morgan fingerprint density at radius 3 is 2.58 bits per heavy atom. The summed E-state index contributed by atoms with van der Waals surface area (Å²) in [5.74, 6) is -0.295. The van der Waals surface area contributed by atoms with E-state index in [4.69, 9.17) is 5.73 Å². The predicted octanol–water partition coefficient (Wildman–Crippen LogP) is 3.08. The Morgan fingerprint density at radius 2 is 2.00 bits per heavy atom. The number of alkyl halides is 3. The molecule has 0 bridgehead atoms. The molecular weight excluding hydrogens is 257 g/mol. The van der Waals surface area contributed by atoms with Crippen molar-refractivity contribution in [1.29, 1.82) is 0 Å². The largest absolute Gasteiger partial charge is 0.416 e. The minimum absolute atomic E-state index is 0.201. The number of halogens is 3. The van der Waals surface area contributed by atoms with Crippen molar-refractivity contribution in [3.05, 3.63) is 29.3 Å². The molecule has 0 aliphatic rings. The Balaban J connectivity index is 2.74. The lowest BCUT2D eigenvalue weighted by Gasteiger charge is -2.12. The molecular formula is C13H17F3N2O. The van der Waals surface area contributed by atoms with Crippen molar-refractivity contribution in [3.63, 3.8) is 0 Å². The molecule has 0 heterocycles. The molecule has 0 unspecified atom stereocenters. The van der Waals surface area contributed by atoms with E-state index in [1.54, 1.807) is 6.92 Å². The number of nitrogens with two attached hydrogens (primary N) is 1. The van der Waals surface area contributed by atoms with Gasteiger partial charge in [0, 0.05) is 12.1 Å². The molecule has 19 heavy (non-hydrogen) atoms. The van der Waals surface area contributed by atoms with Gasteiger partial charge < -0.3 is 11.1 Å². The average Bonchev–Trinajstić information content (AvgIpc) is 2.31. The van der Waals surface area contributed by atoms with E-state index in [2.05, 4.69) is 5.32 Å². The van der Waals surface area contributed by atoms with Crippen LogP contribution in [0.2, 0.25) is 0 Å². The number of aryl methyl sites for hydroxylation is 1. The molecule has 1 amide bonds. The van der Waals surface area contributed by atoms with Gasteiger partial charge in [-0.15, -0.1) is 0 Å². The number of carbonyl (C=O) groups is 1. The van der Waals surface area contributed by atoms with Crippen LogP contribution in [0.4, 0.5) is 18.9 Å². The number of carbonyl (C=O) groups excluding carboxylic acids is 1. The summed E-state index contributed by atoms with van der Waals surface area (Å²) in [4.78, 5) is 11.6. The Labute approximate surface area is 110 Å². The fourth-order valence-electron chi connectivity index (χ4n) is 1.58. The molecule has 0 spiro atoms. The third kappa shape index (κ3) is 4.90. The molecule has 3 nitrogen and oxygen atoms in total. The zero-order valence-electron chi connectivity index (χ0n) is 10.7. The third-order valence-electron chi connectivity index (χ3n) is 2.70. The molecule has 0 saturated heterocycles. The van der Waals surface area contributed by atoms with Gasteiger partial charge in [-0.2, -0.15) is 13.2 Å². The van der Waals surface area contributed by atoms with Crippen LogP contribution >= 0.6 is 0 Å². The topological polar surface area (TPSA) is 55.1 Å². The molecule has 6 heteroatoms. The standard InChI is InChI=1S/C13H17F3N2O/c1-9-5-6-10(13(14,15)16)8-11(9)18-12(19)4-2-3-7-17/h5-6,8H,2-4,7,17H2,1H3,(H,18,19). The van der Waals surface area contributed by atoms with Crippen molar-refractivity contribution >= 4 is 11.6 Å². The number of benzene rings is 1. The molecule has 0 saturated carbocycles. The molecule has 1 aromatic carbocycles. The highest BCUT2D eigenvalue weighted by atomic mass is 19.4. The van der Waals surface area contributed by atoms with E-state index < -0.39 is 11.7 Å². The summed E-state index contributed by atoms with van der Waals surface area (Å²) in [5, 5.41) is 2.50. The van der Waals surface area contributed by atoms with Gasteiger partial charge in [-0.05, 0) is 44.0 Å². The van der Waals surface area contributed by atoms with Crippen LogP contribution in [0.5, 0.6) is 0 Å². The number of anilines is 1. The minimum Gasteiger partial charge on any atom is -0.330 e. The second-order valence-corrected chi connectivity index (χ2v) is 4.32. The van der Waals surface area contributed by atoms with Crippen molar-refractivity contribution in [2.75, 3.05) is 11.9 Å². The summed E-state index contributed by atoms with van der Waals surface area (Å²) in [6, 6.07) is 3.30. The Hall–Kier alpha value is -1.56. The van der Waals surface area contributed by atoms with Crippen LogP contribution in [0, 0.1) is 6.92 Å². The van der Waals surface area contributed by atoms with Gasteiger partial charge in [0.15, 0.2) is 0 Å². The molecule has 0 atom stereocenters. The van der Waals surface area contributed by atoms with E-state index in [0.29, 0.717) is 18.5 Å². The van der Waals surface area contributed by atoms with Crippen LogP contribution in [0.3, 0.4) is 0 Å². The first-order chi connectivity index (χ1) is 8.84. The smallest absolute Gasteiger partial charge is 0.330 e. The van der Waals surface area contributed by atoms with Crippen molar-refractivity contribution in [3.8, 4) is 0 Å². The highest BCUT2D eigenvalue weighted by Gasteiger charge is 2.30. The van der Waals surface area contributed by atoms with Crippen LogP contribution in [-0.4, -0.2) is 12.5 Å². The van der Waals surface area contributed by atoms with Gasteiger partial charge in [-0.1, -0.05) is 6.07 Å². The monoisotopic (exact) mass is 274 g/mol. The van der Waals surface area contributed by atoms with E-state index in [1.165, 1.54) is 6.07 Å². The minimum atomic E-state index is -4.41. The van der Waals surface area contributed by atoms with Crippen LogP contribution in [0.25, 0.3) is 0 Å². The highest BCUT2D eigenvalue weighted by molar-refractivity contribution is 5.91. The zero-order chi connectivity index (χ0) is 14.5. The second kappa shape index (κ2) is 6.56. The maximum absolute atomic E-state index is 12.6. The summed E-state index contributed by atoms with van der Waals surface area (Å²) in [7, 11) is 0. The molecule has 0 radical (unpaired) electrons. The van der Waals surface area contributed by atoms with E-state index >= 15 is 0 Å². The number of nitrogens with one attached hydrogen (secondary N) is 1. The third-order valence-corrected chi connectivity index (χ3v) is 2.70. The van der Waals surface area contributed by atoms with Gasteiger partial charge in [-0.25, -0.2) is 0 Å². The van der Waals surface area contributed by atoms with Crippen molar-refractivity contribution < 1.29 is 18.0 Å². The quantitative estimate of drug-likeness (QED) is 0.811. The lowest BCUT2D eigenvalue weighted by atomic mass is 10.1. The molecule has 0 aliphatic carbocycles. The maximum Gasteiger partial charge on any atom is 0.416 e. The van der Waals surface area contributed by atoms with Gasteiger partial charge >= 0.3 is 6.18 Å². The van der Waals surface area contributed by atoms with E-state index in [-0.39, 0.29) is 18.0 Å². The normalized spacial score (nSPS) is 11.4. The molecule has 1 rings (SSSR count). The van der Waals surface area contributed by atoms with Gasteiger partial charge in [-0.3, -0.25) is 4.79 Å². The fraction of sp³-hybridized carbons (Fsp3) is 0.462. The molecule has 0 fully saturated rings. The van der Waals surface area contributed by atoms with E-state index in [9.17, 15) is 18.0 Å². The maximum atomic E-state index is 12.6. The lowest BCUT2D eigenvalue weighted by Crippen LogP contribution is -2.14. The number of rotatable bonds is 5. The molecule has 0 aliphatic heterocycles. The Bertz CT molecular complexity index is 444. The van der Waals surface area contributed by atoms with Crippen molar-refractivity contribution in [2.45, 2.75) is 32.4 Å². The number of hydrogen-bond acceptors (Lipinski definition) is 2. The van der Waals surface area contributed by atoms with Crippen LogP contribution in [-0.2, 0) is 11.0 Å². The summed E-state index contributed by atoms with van der Waals surface area (Å²) >= 11 is 0. The average molecular weight is 274 g/mol. The zero-order valence-corrected chi connectivity index (χ0v) is 10.7. The van der Waals surface area contributed by atoms with Crippen LogP contribution in [0.15, 0.2) is 18.2 Å². The summed E-state index contributed by atoms with van der Waals surface area (Å²) in [6.07, 6.45) is -2.81. The SMILES string of the molecule is Cc1ccc(C(F)(F)F)cc1NC(=O)CCCCN. The highest BCUT2D eigenvalue weighted by Crippen LogP contribution is 2.32.